The molecule has 0 bridgehead atoms. The van der Waals surface area contributed by atoms with Crippen molar-refractivity contribution in [3.8, 4) is 5.88 Å². The molecule has 0 radical (unpaired) electrons. The number of piperidine rings is 1. The van der Waals surface area contributed by atoms with Crippen LogP contribution in [0.15, 0.2) is 27.1 Å². The van der Waals surface area contributed by atoms with Crippen LogP contribution in [0.3, 0.4) is 0 Å². The molecule has 5 rings (SSSR count). The van der Waals surface area contributed by atoms with Gasteiger partial charge in [-0.25, -0.2) is 9.67 Å². The molecule has 8 nitrogen and oxygen atoms in total. The van der Waals surface area contributed by atoms with Crippen molar-refractivity contribution < 1.29 is 27.5 Å². The van der Waals surface area contributed by atoms with Crippen molar-refractivity contribution in [1.82, 2.24) is 19.7 Å². The van der Waals surface area contributed by atoms with Gasteiger partial charge in [0.15, 0.2) is 18.4 Å². The number of carbonyl (C=O) groups excluding carboxylic acids is 1. The standard InChI is InChI=1S/C24H20BrCl3F3N5O3S/c1-35-23(20(25)21(33-35)24(29,30)31)38-9-18(37)36-4-2-11(3-5-36)22-32-16(10-40-22)15-8-17(39-34-15)19-13(27)6-12(26)7-14(19)28/h6-7,10-11,17H,2-5,8-9H2,1H3. The highest BCUT2D eigenvalue weighted by molar-refractivity contribution is 9.10. The molecule has 1 atom stereocenters. The van der Waals surface area contributed by atoms with Crippen LogP contribution >= 0.6 is 62.1 Å². The number of amides is 1. The maximum absolute atomic E-state index is 13.1. The molecular weight excluding hydrogens is 682 g/mol. The highest BCUT2D eigenvalue weighted by Crippen LogP contribution is 2.41. The van der Waals surface area contributed by atoms with E-state index in [0.717, 1.165) is 15.4 Å². The molecule has 0 saturated carbocycles. The SMILES string of the molecule is Cn1nc(C(F)(F)F)c(Br)c1OCC(=O)N1CCC(c2nc(C3=NOC(c4c(Cl)cc(Cl)cc4Cl)C3)cs2)CC1. The zero-order valence-corrected chi connectivity index (χ0v) is 25.3. The molecule has 2 aliphatic rings. The van der Waals surface area contributed by atoms with Crippen molar-refractivity contribution in [3.05, 3.63) is 59.0 Å². The van der Waals surface area contributed by atoms with Crippen molar-refractivity contribution in [2.24, 2.45) is 12.2 Å². The summed E-state index contributed by atoms with van der Waals surface area (Å²) in [5.74, 6) is -0.321. The second-order valence-corrected chi connectivity index (χ2v) is 12.2. The minimum absolute atomic E-state index is 0.156. The van der Waals surface area contributed by atoms with Gasteiger partial charge in [-0.2, -0.15) is 18.3 Å². The van der Waals surface area contributed by atoms with Crippen LogP contribution in [0.25, 0.3) is 0 Å². The highest BCUT2D eigenvalue weighted by atomic mass is 79.9. The first-order valence-electron chi connectivity index (χ1n) is 12.0. The largest absolute Gasteiger partial charge is 0.467 e. The molecule has 1 unspecified atom stereocenters. The first-order chi connectivity index (χ1) is 18.9. The first-order valence-corrected chi connectivity index (χ1v) is 14.8. The second kappa shape index (κ2) is 11.7. The lowest BCUT2D eigenvalue weighted by atomic mass is 9.97. The van der Waals surface area contributed by atoms with Gasteiger partial charge in [0.1, 0.15) is 10.2 Å². The summed E-state index contributed by atoms with van der Waals surface area (Å²) in [5, 5.41) is 11.7. The maximum Gasteiger partial charge on any atom is 0.436 e. The lowest BCUT2D eigenvalue weighted by Crippen LogP contribution is -2.40. The molecule has 214 valence electrons. The van der Waals surface area contributed by atoms with E-state index in [-0.39, 0.29) is 22.2 Å². The lowest BCUT2D eigenvalue weighted by molar-refractivity contribution is -0.142. The number of oxime groups is 1. The average Bonchev–Trinajstić information content (AvgIpc) is 3.62. The maximum atomic E-state index is 13.1. The predicted octanol–water partition coefficient (Wildman–Crippen LogP) is 7.27. The zero-order valence-electron chi connectivity index (χ0n) is 20.6. The van der Waals surface area contributed by atoms with Gasteiger partial charge in [-0.05, 0) is 40.9 Å². The van der Waals surface area contributed by atoms with Crippen molar-refractivity contribution >= 4 is 73.7 Å². The van der Waals surface area contributed by atoms with Crippen molar-refractivity contribution in [3.63, 3.8) is 0 Å². The third-order valence-corrected chi connectivity index (χ3v) is 9.16. The van der Waals surface area contributed by atoms with Crippen molar-refractivity contribution in [2.45, 2.75) is 37.5 Å². The molecule has 40 heavy (non-hydrogen) atoms. The molecule has 0 spiro atoms. The van der Waals surface area contributed by atoms with E-state index in [0.29, 0.717) is 58.7 Å². The number of nitrogens with zero attached hydrogens (tertiary/aromatic N) is 5. The van der Waals surface area contributed by atoms with Gasteiger partial charge < -0.3 is 14.5 Å². The monoisotopic (exact) mass is 699 g/mol. The summed E-state index contributed by atoms with van der Waals surface area (Å²) in [6.07, 6.45) is -3.26. The Hall–Kier alpha value is -2.06. The van der Waals surface area contributed by atoms with Gasteiger partial charge in [0.25, 0.3) is 5.91 Å². The van der Waals surface area contributed by atoms with Crippen LogP contribution in [0.4, 0.5) is 13.2 Å². The first kappa shape index (κ1) is 29.4. The summed E-state index contributed by atoms with van der Waals surface area (Å²) in [5.41, 5.74) is 0.925. The molecular formula is C24H20BrCl3F3N5O3S. The number of thiazole rings is 1. The molecule has 1 aromatic carbocycles. The Bertz CT molecular complexity index is 1450. The Morgan fingerprint density at radius 3 is 2.52 bits per heavy atom. The minimum Gasteiger partial charge on any atom is -0.467 e. The number of likely N-dealkylation sites (tertiary alicyclic amines) is 1. The number of aromatic nitrogens is 3. The van der Waals surface area contributed by atoms with Gasteiger partial charge in [0.2, 0.25) is 5.88 Å². The summed E-state index contributed by atoms with van der Waals surface area (Å²) >= 11 is 23.1. The van der Waals surface area contributed by atoms with Crippen LogP contribution in [-0.2, 0) is 22.9 Å². The Kier molecular flexibility index (Phi) is 8.59. The molecule has 2 aliphatic heterocycles. The fourth-order valence-corrected chi connectivity index (χ4v) is 7.31. The molecule has 4 heterocycles. The quantitative estimate of drug-likeness (QED) is 0.270. The number of benzene rings is 1. The smallest absolute Gasteiger partial charge is 0.436 e. The number of halogens is 7. The number of hydrogen-bond acceptors (Lipinski definition) is 7. The Labute approximate surface area is 254 Å². The number of hydrogen-bond donors (Lipinski definition) is 0. The fourth-order valence-electron chi connectivity index (χ4n) is 4.57. The molecule has 1 amide bonds. The number of ether oxygens (including phenoxy) is 1. The number of aryl methyl sites for hydroxylation is 1. The summed E-state index contributed by atoms with van der Waals surface area (Å²) < 4.78 is 45.2. The van der Waals surface area contributed by atoms with Gasteiger partial charge in [-0.15, -0.1) is 11.3 Å². The second-order valence-electron chi connectivity index (χ2n) is 9.22. The summed E-state index contributed by atoms with van der Waals surface area (Å²) in [4.78, 5) is 24.7. The number of rotatable bonds is 6. The van der Waals surface area contributed by atoms with Gasteiger partial charge >= 0.3 is 6.18 Å². The highest BCUT2D eigenvalue weighted by Gasteiger charge is 2.39. The summed E-state index contributed by atoms with van der Waals surface area (Å²) in [6, 6.07) is 3.22. The fraction of sp³-hybridized carbons (Fsp3) is 0.417. The summed E-state index contributed by atoms with van der Waals surface area (Å²) in [6.45, 7) is 0.549. The van der Waals surface area contributed by atoms with Crippen LogP contribution < -0.4 is 4.74 Å². The van der Waals surface area contributed by atoms with Gasteiger partial charge in [-0.1, -0.05) is 40.0 Å². The van der Waals surface area contributed by atoms with E-state index in [9.17, 15) is 18.0 Å². The average molecular weight is 702 g/mol. The third-order valence-electron chi connectivity index (χ3n) is 6.59. The topological polar surface area (TPSA) is 81.8 Å². The lowest BCUT2D eigenvalue weighted by Gasteiger charge is -2.31. The van der Waals surface area contributed by atoms with E-state index >= 15 is 0 Å². The van der Waals surface area contributed by atoms with Gasteiger partial charge in [0.05, 0.1) is 20.7 Å². The Morgan fingerprint density at radius 2 is 1.90 bits per heavy atom. The van der Waals surface area contributed by atoms with Crippen LogP contribution in [0.2, 0.25) is 15.1 Å². The van der Waals surface area contributed by atoms with E-state index in [1.807, 2.05) is 5.38 Å². The number of carbonyl (C=O) groups is 1. The van der Waals surface area contributed by atoms with E-state index in [4.69, 9.17) is 49.4 Å². The van der Waals surface area contributed by atoms with Gasteiger partial charge in [-0.3, -0.25) is 4.79 Å². The third kappa shape index (κ3) is 6.08. The molecule has 3 aromatic rings. The molecule has 16 heteroatoms. The van der Waals surface area contributed by atoms with E-state index < -0.39 is 24.6 Å². The molecule has 0 N–H and O–H groups in total. The molecule has 2 aromatic heterocycles. The Balaban J connectivity index is 1.14. The zero-order chi connectivity index (χ0) is 28.8. The molecule has 1 saturated heterocycles. The minimum atomic E-state index is -4.64. The molecule has 1 fully saturated rings. The van der Waals surface area contributed by atoms with Crippen LogP contribution in [0.1, 0.15) is 53.2 Å². The molecule has 0 aliphatic carbocycles. The van der Waals surface area contributed by atoms with Crippen LogP contribution in [0.5, 0.6) is 5.88 Å². The van der Waals surface area contributed by atoms with E-state index in [2.05, 4.69) is 26.2 Å². The van der Waals surface area contributed by atoms with Crippen molar-refractivity contribution in [2.75, 3.05) is 19.7 Å². The van der Waals surface area contributed by atoms with E-state index in [1.54, 1.807) is 17.0 Å². The van der Waals surface area contributed by atoms with E-state index in [1.165, 1.54) is 18.4 Å². The van der Waals surface area contributed by atoms with Crippen LogP contribution in [0, 0.1) is 0 Å². The summed E-state index contributed by atoms with van der Waals surface area (Å²) in [7, 11) is 1.32. The van der Waals surface area contributed by atoms with Gasteiger partial charge in [0, 0.05) is 48.4 Å². The predicted molar refractivity (Wildman–Crippen MR) is 149 cm³/mol. The Morgan fingerprint density at radius 1 is 1.23 bits per heavy atom. The number of alkyl halides is 3. The van der Waals surface area contributed by atoms with Crippen molar-refractivity contribution in [1.29, 1.82) is 0 Å². The normalized spacial score (nSPS) is 18.1. The van der Waals surface area contributed by atoms with Crippen LogP contribution in [-0.4, -0.2) is 51.0 Å².